The van der Waals surface area contributed by atoms with Crippen molar-refractivity contribution in [3.63, 3.8) is 0 Å². The lowest BCUT2D eigenvalue weighted by molar-refractivity contribution is -0.384. The normalized spacial score (nSPS) is 24.7. The first kappa shape index (κ1) is 14.5. The van der Waals surface area contributed by atoms with Gasteiger partial charge in [0.2, 0.25) is 0 Å². The van der Waals surface area contributed by atoms with E-state index in [1.54, 1.807) is 12.1 Å². The zero-order chi connectivity index (χ0) is 16.0. The number of anilines is 1. The summed E-state index contributed by atoms with van der Waals surface area (Å²) in [5, 5.41) is 14.5. The van der Waals surface area contributed by atoms with E-state index in [0.29, 0.717) is 11.8 Å². The Morgan fingerprint density at radius 3 is 2.70 bits per heavy atom. The van der Waals surface area contributed by atoms with Crippen LogP contribution in [0.4, 0.5) is 11.4 Å². The number of benzene rings is 2. The Kier molecular flexibility index (Phi) is 3.45. The Morgan fingerprint density at radius 1 is 1.17 bits per heavy atom. The molecule has 2 aromatic rings. The lowest BCUT2D eigenvalue weighted by Crippen LogP contribution is -2.29. The monoisotopic (exact) mass is 370 g/mol. The molecule has 0 radical (unpaired) electrons. The van der Waals surface area contributed by atoms with Gasteiger partial charge in [-0.15, -0.1) is 0 Å². The van der Waals surface area contributed by atoms with Crippen molar-refractivity contribution < 1.29 is 4.92 Å². The minimum atomic E-state index is -0.356. The molecule has 3 atom stereocenters. The highest BCUT2D eigenvalue weighted by Crippen LogP contribution is 2.50. The van der Waals surface area contributed by atoms with Gasteiger partial charge in [-0.1, -0.05) is 40.2 Å². The van der Waals surface area contributed by atoms with Crippen molar-refractivity contribution in [2.45, 2.75) is 18.4 Å². The zero-order valence-corrected chi connectivity index (χ0v) is 13.9. The molecule has 5 heteroatoms. The molecule has 0 unspecified atom stereocenters. The van der Waals surface area contributed by atoms with E-state index in [0.717, 1.165) is 22.1 Å². The van der Waals surface area contributed by atoms with Gasteiger partial charge in [0.05, 0.1) is 11.0 Å². The number of nitro groups is 1. The first-order valence-electron chi connectivity index (χ1n) is 7.60. The van der Waals surface area contributed by atoms with Gasteiger partial charge < -0.3 is 5.32 Å². The quantitative estimate of drug-likeness (QED) is 0.449. The molecule has 1 aliphatic carbocycles. The van der Waals surface area contributed by atoms with Crippen LogP contribution in [0.15, 0.2) is 59.1 Å². The number of nitrogens with zero attached hydrogens (tertiary/aromatic N) is 1. The van der Waals surface area contributed by atoms with Crippen molar-refractivity contribution in [2.24, 2.45) is 5.92 Å². The van der Waals surface area contributed by atoms with E-state index in [9.17, 15) is 10.1 Å². The molecule has 1 aliphatic heterocycles. The molecule has 1 N–H and O–H groups in total. The second kappa shape index (κ2) is 5.49. The number of rotatable bonds is 2. The third-order valence-electron chi connectivity index (χ3n) is 4.79. The molecule has 0 bridgehead atoms. The molecular formula is C18H15BrN2O2. The average Bonchev–Trinajstić information content (AvgIpc) is 3.04. The van der Waals surface area contributed by atoms with Gasteiger partial charge in [0.15, 0.2) is 0 Å². The fraction of sp³-hybridized carbons (Fsp3) is 0.222. The minimum absolute atomic E-state index is 0.134. The van der Waals surface area contributed by atoms with Crippen molar-refractivity contribution in [2.75, 3.05) is 5.32 Å². The van der Waals surface area contributed by atoms with Crippen LogP contribution in [0.5, 0.6) is 0 Å². The highest BCUT2D eigenvalue weighted by Gasteiger charge is 2.37. The van der Waals surface area contributed by atoms with Crippen LogP contribution >= 0.6 is 15.9 Å². The summed E-state index contributed by atoms with van der Waals surface area (Å²) in [6, 6.07) is 13.4. The van der Waals surface area contributed by atoms with Gasteiger partial charge in [0.1, 0.15) is 0 Å². The first-order valence-corrected chi connectivity index (χ1v) is 8.40. The maximum atomic E-state index is 10.8. The van der Waals surface area contributed by atoms with E-state index in [4.69, 9.17) is 0 Å². The number of non-ortho nitro benzene ring substituents is 1. The molecule has 4 nitrogen and oxygen atoms in total. The molecule has 4 rings (SSSR count). The smallest absolute Gasteiger partial charge is 0.269 e. The number of hydrogen-bond acceptors (Lipinski definition) is 3. The Labute approximate surface area is 142 Å². The molecule has 116 valence electrons. The molecule has 2 aromatic carbocycles. The predicted octanol–water partition coefficient (Wildman–Crippen LogP) is 5.18. The highest BCUT2D eigenvalue weighted by atomic mass is 79.9. The zero-order valence-electron chi connectivity index (χ0n) is 12.3. The fourth-order valence-corrected chi connectivity index (χ4v) is 4.08. The minimum Gasteiger partial charge on any atom is -0.378 e. The third-order valence-corrected chi connectivity index (χ3v) is 5.28. The van der Waals surface area contributed by atoms with Gasteiger partial charge in [-0.3, -0.25) is 10.1 Å². The third kappa shape index (κ3) is 2.45. The van der Waals surface area contributed by atoms with E-state index in [2.05, 4.69) is 45.5 Å². The molecule has 0 aromatic heterocycles. The van der Waals surface area contributed by atoms with E-state index >= 15 is 0 Å². The number of nitrogens with one attached hydrogen (secondary N) is 1. The first-order chi connectivity index (χ1) is 11.1. The molecule has 2 aliphatic rings. The SMILES string of the molecule is O=[N+]([O-])c1ccc([C@@H]2Nc3ccc(Br)cc3[C@@H]3C=CC[C@H]32)cc1. The summed E-state index contributed by atoms with van der Waals surface area (Å²) in [7, 11) is 0. The number of nitro benzene ring substituents is 1. The summed E-state index contributed by atoms with van der Waals surface area (Å²) in [4.78, 5) is 10.5. The van der Waals surface area contributed by atoms with Crippen LogP contribution in [0.2, 0.25) is 0 Å². The second-order valence-electron chi connectivity index (χ2n) is 6.06. The van der Waals surface area contributed by atoms with Gasteiger partial charge in [0.25, 0.3) is 5.69 Å². The van der Waals surface area contributed by atoms with Crippen LogP contribution in [-0.4, -0.2) is 4.92 Å². The van der Waals surface area contributed by atoms with Gasteiger partial charge in [-0.2, -0.15) is 0 Å². The van der Waals surface area contributed by atoms with Crippen molar-refractivity contribution in [1.82, 2.24) is 0 Å². The number of fused-ring (bicyclic) bond motifs is 3. The summed E-state index contributed by atoms with van der Waals surface area (Å²) >= 11 is 3.55. The van der Waals surface area contributed by atoms with Crippen LogP contribution in [-0.2, 0) is 0 Å². The van der Waals surface area contributed by atoms with Gasteiger partial charge in [-0.05, 0) is 41.7 Å². The van der Waals surface area contributed by atoms with Crippen LogP contribution in [0, 0.1) is 16.0 Å². The topological polar surface area (TPSA) is 55.2 Å². The summed E-state index contributed by atoms with van der Waals surface area (Å²) in [6.07, 6.45) is 5.55. The average molecular weight is 371 g/mol. The molecule has 23 heavy (non-hydrogen) atoms. The molecule has 0 saturated carbocycles. The van der Waals surface area contributed by atoms with E-state index in [1.807, 2.05) is 18.2 Å². The largest absolute Gasteiger partial charge is 0.378 e. The number of allylic oxidation sites excluding steroid dienone is 2. The molecule has 0 spiro atoms. The van der Waals surface area contributed by atoms with Gasteiger partial charge >= 0.3 is 0 Å². The van der Waals surface area contributed by atoms with Crippen LogP contribution in [0.25, 0.3) is 0 Å². The lowest BCUT2D eigenvalue weighted by Gasteiger charge is -2.37. The Bertz CT molecular complexity index is 801. The van der Waals surface area contributed by atoms with Crippen molar-refractivity contribution >= 4 is 27.3 Å². The maximum absolute atomic E-state index is 10.8. The molecular weight excluding hydrogens is 356 g/mol. The van der Waals surface area contributed by atoms with Crippen molar-refractivity contribution in [3.05, 3.63) is 80.3 Å². The summed E-state index contributed by atoms with van der Waals surface area (Å²) in [5.74, 6) is 0.835. The van der Waals surface area contributed by atoms with Crippen LogP contribution in [0.3, 0.4) is 0 Å². The summed E-state index contributed by atoms with van der Waals surface area (Å²) < 4.78 is 1.09. The van der Waals surface area contributed by atoms with Crippen LogP contribution in [0.1, 0.15) is 29.5 Å². The second-order valence-corrected chi connectivity index (χ2v) is 6.97. The standard InChI is InChI=1S/C18H15BrN2O2/c19-12-6-9-17-16(10-12)14-2-1-3-15(14)18(20-17)11-4-7-13(8-5-11)21(22)23/h1-2,4-10,14-15,18,20H,3H2/t14-,15-,18+/m1/s1. The van der Waals surface area contributed by atoms with E-state index in [1.165, 1.54) is 5.56 Å². The Morgan fingerprint density at radius 2 is 1.96 bits per heavy atom. The van der Waals surface area contributed by atoms with Gasteiger partial charge in [0, 0.05) is 28.2 Å². The Balaban J connectivity index is 1.73. The van der Waals surface area contributed by atoms with Crippen LogP contribution < -0.4 is 5.32 Å². The number of halogens is 1. The molecule has 0 saturated heterocycles. The maximum Gasteiger partial charge on any atom is 0.269 e. The van der Waals surface area contributed by atoms with E-state index in [-0.39, 0.29) is 16.7 Å². The Hall–Kier alpha value is -2.14. The highest BCUT2D eigenvalue weighted by molar-refractivity contribution is 9.10. The number of hydrogen-bond donors (Lipinski definition) is 1. The summed E-state index contributed by atoms with van der Waals surface area (Å²) in [6.45, 7) is 0. The molecule has 0 amide bonds. The lowest BCUT2D eigenvalue weighted by atomic mass is 9.77. The van der Waals surface area contributed by atoms with Crippen molar-refractivity contribution in [3.8, 4) is 0 Å². The molecule has 1 heterocycles. The van der Waals surface area contributed by atoms with E-state index < -0.39 is 0 Å². The van der Waals surface area contributed by atoms with Crippen molar-refractivity contribution in [1.29, 1.82) is 0 Å². The molecule has 0 fully saturated rings. The predicted molar refractivity (Wildman–Crippen MR) is 93.6 cm³/mol. The summed E-state index contributed by atoms with van der Waals surface area (Å²) in [5.41, 5.74) is 3.69. The van der Waals surface area contributed by atoms with Gasteiger partial charge in [-0.25, -0.2) is 0 Å². The fourth-order valence-electron chi connectivity index (χ4n) is 3.70.